The molecule has 0 aromatic heterocycles. The number of rotatable bonds is 2. The highest BCUT2D eigenvalue weighted by Crippen LogP contribution is 2.29. The molecule has 0 saturated carbocycles. The molecule has 0 unspecified atom stereocenters. The van der Waals surface area contributed by atoms with Crippen LogP contribution in [0.3, 0.4) is 0 Å². The van der Waals surface area contributed by atoms with Gasteiger partial charge in [0.05, 0.1) is 16.0 Å². The van der Waals surface area contributed by atoms with E-state index in [9.17, 15) is 17.4 Å². The second-order valence-electron chi connectivity index (χ2n) is 5.12. The first-order valence-electron chi connectivity index (χ1n) is 5.67. The molecule has 106 valence electrons. The predicted molar refractivity (Wildman–Crippen MR) is 71.6 cm³/mol. The Morgan fingerprint density at radius 1 is 1.21 bits per heavy atom. The summed E-state index contributed by atoms with van der Waals surface area (Å²) in [4.78, 5) is 0. The molecule has 0 aliphatic carbocycles. The van der Waals surface area contributed by atoms with Crippen molar-refractivity contribution in [3.8, 4) is 0 Å². The topological polar surface area (TPSA) is 29.4 Å². The third kappa shape index (κ3) is 4.45. The lowest BCUT2D eigenvalue weighted by Crippen LogP contribution is -2.20. The zero-order chi connectivity index (χ0) is 14.8. The van der Waals surface area contributed by atoms with Crippen molar-refractivity contribution in [2.45, 2.75) is 38.6 Å². The SMILES string of the molecule is C/C(=N\[S@](=O)C(C)(C)C)c1cccc(C(F)(F)F)c1. The Labute approximate surface area is 113 Å². The molecule has 0 heterocycles. The Hall–Kier alpha value is -1.17. The highest BCUT2D eigenvalue weighted by molar-refractivity contribution is 7.85. The first-order valence-corrected chi connectivity index (χ1v) is 6.77. The lowest BCUT2D eigenvalue weighted by atomic mass is 10.1. The van der Waals surface area contributed by atoms with Crippen LogP contribution in [-0.4, -0.2) is 14.7 Å². The van der Waals surface area contributed by atoms with Gasteiger partial charge in [-0.3, -0.25) is 0 Å². The van der Waals surface area contributed by atoms with Crippen LogP contribution in [0.4, 0.5) is 13.2 Å². The molecule has 1 aromatic rings. The largest absolute Gasteiger partial charge is 0.416 e. The molecule has 0 aliphatic rings. The second-order valence-corrected chi connectivity index (χ2v) is 7.02. The Morgan fingerprint density at radius 2 is 1.79 bits per heavy atom. The normalized spacial score (nSPS) is 15.4. The number of hydrogen-bond donors (Lipinski definition) is 0. The Balaban J connectivity index is 3.11. The van der Waals surface area contributed by atoms with Crippen LogP contribution >= 0.6 is 0 Å². The van der Waals surface area contributed by atoms with E-state index in [2.05, 4.69) is 4.40 Å². The molecule has 1 atom stereocenters. The molecule has 6 heteroatoms. The summed E-state index contributed by atoms with van der Waals surface area (Å²) >= 11 is 0. The molecular weight excluding hydrogens is 275 g/mol. The minimum absolute atomic E-state index is 0.326. The van der Waals surface area contributed by atoms with Crippen LogP contribution in [0, 0.1) is 0 Å². The lowest BCUT2D eigenvalue weighted by Gasteiger charge is -2.14. The van der Waals surface area contributed by atoms with Gasteiger partial charge in [-0.2, -0.15) is 17.6 Å². The second kappa shape index (κ2) is 5.45. The maximum Gasteiger partial charge on any atom is 0.416 e. The average molecular weight is 291 g/mol. The van der Waals surface area contributed by atoms with Crippen molar-refractivity contribution < 1.29 is 17.4 Å². The van der Waals surface area contributed by atoms with E-state index < -0.39 is 27.5 Å². The van der Waals surface area contributed by atoms with Crippen molar-refractivity contribution in [2.75, 3.05) is 0 Å². The van der Waals surface area contributed by atoms with Crippen LogP contribution in [0.15, 0.2) is 28.7 Å². The van der Waals surface area contributed by atoms with Crippen molar-refractivity contribution in [3.05, 3.63) is 35.4 Å². The van der Waals surface area contributed by atoms with E-state index in [1.54, 1.807) is 27.7 Å². The van der Waals surface area contributed by atoms with Crippen LogP contribution in [-0.2, 0) is 17.2 Å². The fraction of sp³-hybridized carbons (Fsp3) is 0.462. The third-order valence-electron chi connectivity index (χ3n) is 2.35. The van der Waals surface area contributed by atoms with Gasteiger partial charge in [-0.15, -0.1) is 0 Å². The summed E-state index contributed by atoms with van der Waals surface area (Å²) in [6, 6.07) is 4.85. The number of benzene rings is 1. The van der Waals surface area contributed by atoms with Crippen LogP contribution in [0.2, 0.25) is 0 Å². The van der Waals surface area contributed by atoms with Crippen LogP contribution in [0.25, 0.3) is 0 Å². The third-order valence-corrected chi connectivity index (χ3v) is 3.84. The lowest BCUT2D eigenvalue weighted by molar-refractivity contribution is -0.137. The van der Waals surface area contributed by atoms with Gasteiger partial charge in [0.2, 0.25) is 0 Å². The van der Waals surface area contributed by atoms with Crippen molar-refractivity contribution in [1.82, 2.24) is 0 Å². The first-order chi connectivity index (χ1) is 8.51. The smallest absolute Gasteiger partial charge is 0.234 e. The van der Waals surface area contributed by atoms with Gasteiger partial charge in [0.15, 0.2) is 0 Å². The molecule has 0 N–H and O–H groups in total. The molecule has 19 heavy (non-hydrogen) atoms. The Kier molecular flexibility index (Phi) is 4.55. The van der Waals surface area contributed by atoms with E-state index in [0.29, 0.717) is 11.3 Å². The summed E-state index contributed by atoms with van der Waals surface area (Å²) in [5.74, 6) is 0. The Morgan fingerprint density at radius 3 is 2.26 bits per heavy atom. The van der Waals surface area contributed by atoms with Gasteiger partial charge in [0.25, 0.3) is 0 Å². The number of halogens is 3. The summed E-state index contributed by atoms with van der Waals surface area (Å²) in [6.07, 6.45) is -4.39. The molecule has 0 saturated heterocycles. The highest BCUT2D eigenvalue weighted by atomic mass is 32.2. The van der Waals surface area contributed by atoms with E-state index in [1.807, 2.05) is 0 Å². The van der Waals surface area contributed by atoms with Gasteiger partial charge in [-0.05, 0) is 45.4 Å². The molecule has 0 bridgehead atoms. The van der Waals surface area contributed by atoms with E-state index in [0.717, 1.165) is 12.1 Å². The minimum atomic E-state index is -4.39. The van der Waals surface area contributed by atoms with E-state index >= 15 is 0 Å². The Bertz CT molecular complexity index is 515. The summed E-state index contributed by atoms with van der Waals surface area (Å²) in [7, 11) is -1.49. The summed E-state index contributed by atoms with van der Waals surface area (Å²) in [5.41, 5.74) is -0.0760. The summed E-state index contributed by atoms with van der Waals surface area (Å²) in [6.45, 7) is 6.82. The molecule has 1 aromatic carbocycles. The fourth-order valence-electron chi connectivity index (χ4n) is 1.23. The number of nitrogens with zero attached hydrogens (tertiary/aromatic N) is 1. The van der Waals surface area contributed by atoms with Crippen LogP contribution in [0.1, 0.15) is 38.8 Å². The molecule has 0 radical (unpaired) electrons. The molecule has 0 aliphatic heterocycles. The number of hydrogen-bond acceptors (Lipinski definition) is 1. The standard InChI is InChI=1S/C13H16F3NOS/c1-9(17-19(18)12(2,3)4)10-6-5-7-11(8-10)13(14,15)16/h5-8H,1-4H3/b17-9+/t19-/m1/s1. The first kappa shape index (κ1) is 15.9. The van der Waals surface area contributed by atoms with Gasteiger partial charge in [0, 0.05) is 0 Å². The molecule has 2 nitrogen and oxygen atoms in total. The van der Waals surface area contributed by atoms with E-state index in [1.165, 1.54) is 12.1 Å². The van der Waals surface area contributed by atoms with E-state index in [-0.39, 0.29) is 0 Å². The molecule has 0 fully saturated rings. The molecule has 0 spiro atoms. The molecule has 0 amide bonds. The zero-order valence-corrected chi connectivity index (χ0v) is 12.0. The quantitative estimate of drug-likeness (QED) is 0.758. The zero-order valence-electron chi connectivity index (χ0n) is 11.2. The van der Waals surface area contributed by atoms with Crippen molar-refractivity contribution in [2.24, 2.45) is 4.40 Å². The van der Waals surface area contributed by atoms with Crippen molar-refractivity contribution >= 4 is 16.7 Å². The van der Waals surface area contributed by atoms with Crippen LogP contribution in [0.5, 0.6) is 0 Å². The predicted octanol–water partition coefficient (Wildman–Crippen LogP) is 3.98. The van der Waals surface area contributed by atoms with Crippen molar-refractivity contribution in [3.63, 3.8) is 0 Å². The maximum atomic E-state index is 12.6. The van der Waals surface area contributed by atoms with Gasteiger partial charge < -0.3 is 0 Å². The average Bonchev–Trinajstić information content (AvgIpc) is 2.26. The monoisotopic (exact) mass is 291 g/mol. The van der Waals surface area contributed by atoms with Gasteiger partial charge in [0.1, 0.15) is 11.0 Å². The van der Waals surface area contributed by atoms with Gasteiger partial charge in [-0.25, -0.2) is 4.21 Å². The minimum Gasteiger partial charge on any atom is -0.234 e. The maximum absolute atomic E-state index is 12.6. The summed E-state index contributed by atoms with van der Waals surface area (Å²) in [5, 5.41) is 0. The fourth-order valence-corrected chi connectivity index (χ4v) is 1.86. The number of alkyl halides is 3. The van der Waals surface area contributed by atoms with E-state index in [4.69, 9.17) is 0 Å². The summed E-state index contributed by atoms with van der Waals surface area (Å²) < 4.78 is 53.0. The van der Waals surface area contributed by atoms with Crippen LogP contribution < -0.4 is 0 Å². The highest BCUT2D eigenvalue weighted by Gasteiger charge is 2.30. The van der Waals surface area contributed by atoms with Gasteiger partial charge >= 0.3 is 6.18 Å². The van der Waals surface area contributed by atoms with Gasteiger partial charge in [-0.1, -0.05) is 12.1 Å². The molecular formula is C13H16F3NOS. The van der Waals surface area contributed by atoms with Crippen molar-refractivity contribution in [1.29, 1.82) is 0 Å². The molecule has 1 rings (SSSR count).